The normalized spacial score (nSPS) is 15.5. The summed E-state index contributed by atoms with van der Waals surface area (Å²) in [4.78, 5) is 8.65. The van der Waals surface area contributed by atoms with Gasteiger partial charge in [0, 0.05) is 31.1 Å². The molecule has 1 aliphatic heterocycles. The van der Waals surface area contributed by atoms with Crippen LogP contribution in [0.3, 0.4) is 0 Å². The third-order valence-electron chi connectivity index (χ3n) is 5.11. The van der Waals surface area contributed by atoms with Crippen molar-refractivity contribution in [3.63, 3.8) is 0 Å². The lowest BCUT2D eigenvalue weighted by Gasteiger charge is -2.34. The molecule has 1 atom stereocenters. The van der Waals surface area contributed by atoms with Crippen molar-refractivity contribution in [1.82, 2.24) is 15.5 Å². The maximum atomic E-state index is 5.69. The molecule has 0 radical (unpaired) electrons. The standard InChI is InChI=1S/C23H34N4O3S.HI/c1-4-24-23(25-16-18-8-9-20(28-3)21(15-18)30-5-2)26-17-19(22-7-6-14-31-22)27-10-12-29-13-11-27;/h6-9,14-15,19H,4-5,10-13,16-17H2,1-3H3,(H2,24,25,26);1H. The van der Waals surface area contributed by atoms with E-state index in [0.717, 1.165) is 62.4 Å². The molecule has 1 unspecified atom stereocenters. The molecular weight excluding hydrogens is 539 g/mol. The molecule has 9 heteroatoms. The number of nitrogens with one attached hydrogen (secondary N) is 2. The van der Waals surface area contributed by atoms with E-state index in [4.69, 9.17) is 19.2 Å². The van der Waals surface area contributed by atoms with E-state index in [9.17, 15) is 0 Å². The Bertz CT molecular complexity index is 814. The first-order chi connectivity index (χ1) is 15.2. The highest BCUT2D eigenvalue weighted by atomic mass is 127. The first-order valence-corrected chi connectivity index (χ1v) is 11.8. The van der Waals surface area contributed by atoms with Crippen molar-refractivity contribution in [3.8, 4) is 11.5 Å². The van der Waals surface area contributed by atoms with E-state index < -0.39 is 0 Å². The monoisotopic (exact) mass is 574 g/mol. The number of hydrogen-bond donors (Lipinski definition) is 2. The van der Waals surface area contributed by atoms with Crippen LogP contribution in [0.2, 0.25) is 0 Å². The molecule has 2 aromatic rings. The fourth-order valence-electron chi connectivity index (χ4n) is 3.57. The number of morpholine rings is 1. The van der Waals surface area contributed by atoms with Crippen molar-refractivity contribution in [2.24, 2.45) is 4.99 Å². The summed E-state index contributed by atoms with van der Waals surface area (Å²) in [6.45, 7) is 10.3. The van der Waals surface area contributed by atoms with Crippen LogP contribution in [-0.2, 0) is 11.3 Å². The molecule has 1 aromatic heterocycles. The number of hydrogen-bond acceptors (Lipinski definition) is 6. The number of benzene rings is 1. The van der Waals surface area contributed by atoms with Crippen molar-refractivity contribution >= 4 is 41.3 Å². The fraction of sp³-hybridized carbons (Fsp3) is 0.522. The summed E-state index contributed by atoms with van der Waals surface area (Å²) >= 11 is 1.80. The maximum absolute atomic E-state index is 5.69. The Morgan fingerprint density at radius 1 is 1.19 bits per heavy atom. The minimum absolute atomic E-state index is 0. The van der Waals surface area contributed by atoms with E-state index in [1.54, 1.807) is 18.4 Å². The Morgan fingerprint density at radius 2 is 2.00 bits per heavy atom. The molecule has 2 N–H and O–H groups in total. The third kappa shape index (κ3) is 7.79. The Kier molecular flexibility index (Phi) is 12.1. The van der Waals surface area contributed by atoms with E-state index in [2.05, 4.69) is 40.0 Å². The van der Waals surface area contributed by atoms with Gasteiger partial charge in [0.2, 0.25) is 0 Å². The lowest BCUT2D eigenvalue weighted by atomic mass is 10.2. The third-order valence-corrected chi connectivity index (χ3v) is 6.09. The van der Waals surface area contributed by atoms with E-state index in [1.807, 2.05) is 25.1 Å². The lowest BCUT2D eigenvalue weighted by molar-refractivity contribution is 0.0177. The number of guanidine groups is 1. The van der Waals surface area contributed by atoms with Gasteiger partial charge in [-0.2, -0.15) is 0 Å². The zero-order valence-corrected chi connectivity index (χ0v) is 22.3. The molecule has 1 saturated heterocycles. The highest BCUT2D eigenvalue weighted by molar-refractivity contribution is 14.0. The van der Waals surface area contributed by atoms with Gasteiger partial charge in [0.15, 0.2) is 17.5 Å². The van der Waals surface area contributed by atoms with Crippen molar-refractivity contribution in [2.45, 2.75) is 26.4 Å². The molecule has 7 nitrogen and oxygen atoms in total. The summed E-state index contributed by atoms with van der Waals surface area (Å²) in [7, 11) is 1.65. The molecule has 2 heterocycles. The number of rotatable bonds is 10. The molecule has 3 rings (SSSR count). The highest BCUT2D eigenvalue weighted by Crippen LogP contribution is 2.28. The fourth-order valence-corrected chi connectivity index (χ4v) is 4.43. The SMILES string of the molecule is CCNC(=NCc1ccc(OC)c(OCC)c1)NCC(c1cccs1)N1CCOCC1.I. The topological polar surface area (TPSA) is 67.4 Å². The molecule has 0 bridgehead atoms. The maximum Gasteiger partial charge on any atom is 0.191 e. The second-order valence-corrected chi connectivity index (χ2v) is 8.15. The van der Waals surface area contributed by atoms with Gasteiger partial charge in [-0.15, -0.1) is 35.3 Å². The molecule has 32 heavy (non-hydrogen) atoms. The molecule has 0 amide bonds. The Hall–Kier alpha value is -1.56. The minimum Gasteiger partial charge on any atom is -0.493 e. The van der Waals surface area contributed by atoms with Crippen LogP contribution in [0.4, 0.5) is 0 Å². The molecule has 0 spiro atoms. The molecule has 178 valence electrons. The van der Waals surface area contributed by atoms with Gasteiger partial charge < -0.3 is 24.8 Å². The largest absolute Gasteiger partial charge is 0.493 e. The molecule has 1 aromatic carbocycles. The Labute approximate surface area is 212 Å². The molecule has 1 aliphatic rings. The summed E-state index contributed by atoms with van der Waals surface area (Å²) in [6, 6.07) is 10.6. The van der Waals surface area contributed by atoms with Crippen LogP contribution in [0.25, 0.3) is 0 Å². The van der Waals surface area contributed by atoms with Crippen LogP contribution in [0.5, 0.6) is 11.5 Å². The number of halogens is 1. The Morgan fingerprint density at radius 3 is 2.66 bits per heavy atom. The number of nitrogens with zero attached hydrogens (tertiary/aromatic N) is 2. The first kappa shape index (κ1) is 26.7. The summed E-state index contributed by atoms with van der Waals surface area (Å²) in [5.74, 6) is 2.30. The summed E-state index contributed by atoms with van der Waals surface area (Å²) in [5, 5.41) is 9.05. The summed E-state index contributed by atoms with van der Waals surface area (Å²) in [6.07, 6.45) is 0. The van der Waals surface area contributed by atoms with Crippen LogP contribution in [0.15, 0.2) is 40.7 Å². The van der Waals surface area contributed by atoms with E-state index in [0.29, 0.717) is 19.2 Å². The zero-order valence-electron chi connectivity index (χ0n) is 19.1. The molecule has 1 fully saturated rings. The van der Waals surface area contributed by atoms with Crippen LogP contribution in [0, 0.1) is 0 Å². The second kappa shape index (κ2) is 14.6. The minimum atomic E-state index is 0. The smallest absolute Gasteiger partial charge is 0.191 e. The molecular formula is C23H35IN4O3S. The van der Waals surface area contributed by atoms with E-state index in [-0.39, 0.29) is 24.0 Å². The average Bonchev–Trinajstić information content (AvgIpc) is 3.33. The van der Waals surface area contributed by atoms with Crippen LogP contribution >= 0.6 is 35.3 Å². The second-order valence-electron chi connectivity index (χ2n) is 7.17. The average molecular weight is 575 g/mol. The molecule has 0 saturated carbocycles. The van der Waals surface area contributed by atoms with E-state index in [1.165, 1.54) is 4.88 Å². The molecule has 0 aliphatic carbocycles. The van der Waals surface area contributed by atoms with Gasteiger partial charge in [-0.05, 0) is 43.0 Å². The van der Waals surface area contributed by atoms with Crippen LogP contribution in [-0.4, -0.2) is 64.0 Å². The van der Waals surface area contributed by atoms with Gasteiger partial charge in [-0.1, -0.05) is 12.1 Å². The summed E-state index contributed by atoms with van der Waals surface area (Å²) in [5.41, 5.74) is 1.07. The summed E-state index contributed by atoms with van der Waals surface area (Å²) < 4.78 is 16.6. The number of thiophene rings is 1. The predicted octanol–water partition coefficient (Wildman–Crippen LogP) is 3.90. The van der Waals surface area contributed by atoms with E-state index >= 15 is 0 Å². The number of methoxy groups -OCH3 is 1. The predicted molar refractivity (Wildman–Crippen MR) is 142 cm³/mol. The zero-order chi connectivity index (χ0) is 21.9. The van der Waals surface area contributed by atoms with Gasteiger partial charge in [-0.25, -0.2) is 4.99 Å². The number of aliphatic imine (C=N–C) groups is 1. The van der Waals surface area contributed by atoms with Crippen molar-refractivity contribution in [3.05, 3.63) is 46.2 Å². The lowest BCUT2D eigenvalue weighted by Crippen LogP contribution is -2.46. The van der Waals surface area contributed by atoms with Gasteiger partial charge in [-0.3, -0.25) is 4.90 Å². The van der Waals surface area contributed by atoms with Crippen LogP contribution in [0.1, 0.15) is 30.3 Å². The first-order valence-electron chi connectivity index (χ1n) is 10.9. The van der Waals surface area contributed by atoms with Gasteiger partial charge in [0.1, 0.15) is 0 Å². The highest BCUT2D eigenvalue weighted by Gasteiger charge is 2.23. The van der Waals surface area contributed by atoms with Crippen molar-refractivity contribution in [1.29, 1.82) is 0 Å². The van der Waals surface area contributed by atoms with Gasteiger partial charge in [0.05, 0.1) is 39.5 Å². The Balaban J connectivity index is 0.00000363. The van der Waals surface area contributed by atoms with Crippen LogP contribution < -0.4 is 20.1 Å². The van der Waals surface area contributed by atoms with Crippen molar-refractivity contribution in [2.75, 3.05) is 53.1 Å². The number of ether oxygens (including phenoxy) is 3. The quantitative estimate of drug-likeness (QED) is 0.255. The van der Waals surface area contributed by atoms with Gasteiger partial charge in [0.25, 0.3) is 0 Å². The van der Waals surface area contributed by atoms with Crippen molar-refractivity contribution < 1.29 is 14.2 Å². The van der Waals surface area contributed by atoms with Gasteiger partial charge >= 0.3 is 0 Å².